The van der Waals surface area contributed by atoms with Gasteiger partial charge in [0.1, 0.15) is 18.5 Å². The third-order valence-electron chi connectivity index (χ3n) is 5.78. The SMILES string of the molecule is COCC(=O)N1CCC(Oc2ccccc2C(=O)N2CCC(COC)CC2)CC1. The Morgan fingerprint density at radius 3 is 2.24 bits per heavy atom. The van der Waals surface area contributed by atoms with Crippen LogP contribution in [0.1, 0.15) is 36.0 Å². The summed E-state index contributed by atoms with van der Waals surface area (Å²) in [5.74, 6) is 1.21. The monoisotopic (exact) mass is 404 g/mol. The Labute approximate surface area is 172 Å². The van der Waals surface area contributed by atoms with Gasteiger partial charge in [-0.15, -0.1) is 0 Å². The summed E-state index contributed by atoms with van der Waals surface area (Å²) in [5, 5.41) is 0. The van der Waals surface area contributed by atoms with E-state index in [2.05, 4.69) is 0 Å². The largest absolute Gasteiger partial charge is 0.489 e. The van der Waals surface area contributed by atoms with E-state index < -0.39 is 0 Å². The minimum atomic E-state index is 0.00276. The molecule has 0 aromatic heterocycles. The number of carbonyl (C=O) groups excluding carboxylic acids is 2. The number of hydrogen-bond donors (Lipinski definition) is 0. The molecule has 0 saturated carbocycles. The van der Waals surface area contributed by atoms with Gasteiger partial charge in [0, 0.05) is 59.8 Å². The minimum absolute atomic E-state index is 0.00276. The molecule has 1 aromatic rings. The third-order valence-corrected chi connectivity index (χ3v) is 5.78. The second kappa shape index (κ2) is 10.6. The van der Waals surface area contributed by atoms with Gasteiger partial charge in [0.25, 0.3) is 5.91 Å². The second-order valence-corrected chi connectivity index (χ2v) is 7.82. The van der Waals surface area contributed by atoms with E-state index in [9.17, 15) is 9.59 Å². The Balaban J connectivity index is 1.57. The molecule has 0 radical (unpaired) electrons. The van der Waals surface area contributed by atoms with Crippen molar-refractivity contribution in [2.75, 3.05) is 53.6 Å². The molecule has 0 atom stereocenters. The lowest BCUT2D eigenvalue weighted by Gasteiger charge is -2.34. The van der Waals surface area contributed by atoms with E-state index in [1.807, 2.05) is 34.1 Å². The van der Waals surface area contributed by atoms with E-state index >= 15 is 0 Å². The van der Waals surface area contributed by atoms with Gasteiger partial charge in [-0.2, -0.15) is 0 Å². The van der Waals surface area contributed by atoms with Crippen LogP contribution in [0.4, 0.5) is 0 Å². The molecular weight excluding hydrogens is 372 g/mol. The topological polar surface area (TPSA) is 68.3 Å². The smallest absolute Gasteiger partial charge is 0.257 e. The summed E-state index contributed by atoms with van der Waals surface area (Å²) in [6.45, 7) is 3.67. The highest BCUT2D eigenvalue weighted by Gasteiger charge is 2.28. The van der Waals surface area contributed by atoms with E-state index in [1.54, 1.807) is 7.11 Å². The van der Waals surface area contributed by atoms with Gasteiger partial charge in [0.05, 0.1) is 5.56 Å². The fourth-order valence-corrected chi connectivity index (χ4v) is 4.07. The molecule has 7 heteroatoms. The lowest BCUT2D eigenvalue weighted by atomic mass is 9.97. The molecule has 29 heavy (non-hydrogen) atoms. The number of piperidine rings is 2. The van der Waals surface area contributed by atoms with E-state index in [1.165, 1.54) is 7.11 Å². The molecule has 3 rings (SSSR count). The van der Waals surface area contributed by atoms with Gasteiger partial charge in [0.15, 0.2) is 0 Å². The van der Waals surface area contributed by atoms with Gasteiger partial charge in [-0.25, -0.2) is 0 Å². The molecule has 7 nitrogen and oxygen atoms in total. The molecule has 2 aliphatic rings. The maximum Gasteiger partial charge on any atom is 0.257 e. The summed E-state index contributed by atoms with van der Waals surface area (Å²) in [6.07, 6.45) is 3.44. The molecule has 2 aliphatic heterocycles. The lowest BCUT2D eigenvalue weighted by Crippen LogP contribution is -2.43. The zero-order valence-corrected chi connectivity index (χ0v) is 17.5. The molecule has 2 amide bonds. The van der Waals surface area contributed by atoms with Crippen molar-refractivity contribution in [3.8, 4) is 5.75 Å². The molecule has 160 valence electrons. The molecular formula is C22H32N2O5. The van der Waals surface area contributed by atoms with Crippen LogP contribution in [0, 0.1) is 5.92 Å². The van der Waals surface area contributed by atoms with Gasteiger partial charge >= 0.3 is 0 Å². The molecule has 2 saturated heterocycles. The quantitative estimate of drug-likeness (QED) is 0.697. The number of ether oxygens (including phenoxy) is 3. The number of hydrogen-bond acceptors (Lipinski definition) is 5. The maximum absolute atomic E-state index is 13.1. The Hall–Kier alpha value is -2.12. The maximum atomic E-state index is 13.1. The summed E-state index contributed by atoms with van der Waals surface area (Å²) < 4.78 is 16.4. The minimum Gasteiger partial charge on any atom is -0.489 e. The van der Waals surface area contributed by atoms with E-state index in [0.717, 1.165) is 45.4 Å². The molecule has 0 N–H and O–H groups in total. The van der Waals surface area contributed by atoms with Crippen LogP contribution < -0.4 is 4.74 Å². The Bertz CT molecular complexity index is 680. The molecule has 2 heterocycles. The average molecular weight is 405 g/mol. The molecule has 0 unspecified atom stereocenters. The number of nitrogens with zero attached hydrogens (tertiary/aromatic N) is 2. The summed E-state index contributed by atoms with van der Waals surface area (Å²) in [7, 11) is 3.25. The highest BCUT2D eigenvalue weighted by Crippen LogP contribution is 2.26. The number of para-hydroxylation sites is 1. The van der Waals surface area contributed by atoms with Crippen molar-refractivity contribution in [2.45, 2.75) is 31.8 Å². The number of amides is 2. The van der Waals surface area contributed by atoms with Crippen molar-refractivity contribution >= 4 is 11.8 Å². The molecule has 1 aromatic carbocycles. The summed E-state index contributed by atoms with van der Waals surface area (Å²) in [6, 6.07) is 7.49. The summed E-state index contributed by atoms with van der Waals surface area (Å²) in [5.41, 5.74) is 0.621. The highest BCUT2D eigenvalue weighted by molar-refractivity contribution is 5.97. The Kier molecular flexibility index (Phi) is 7.89. The van der Waals surface area contributed by atoms with E-state index in [4.69, 9.17) is 14.2 Å². The van der Waals surface area contributed by atoms with Crippen LogP contribution >= 0.6 is 0 Å². The zero-order valence-electron chi connectivity index (χ0n) is 17.5. The van der Waals surface area contributed by atoms with Gasteiger partial charge < -0.3 is 24.0 Å². The fourth-order valence-electron chi connectivity index (χ4n) is 4.07. The molecule has 0 aliphatic carbocycles. The van der Waals surface area contributed by atoms with Gasteiger partial charge in [-0.05, 0) is 30.9 Å². The van der Waals surface area contributed by atoms with Crippen molar-refractivity contribution < 1.29 is 23.8 Å². The summed E-state index contributed by atoms with van der Waals surface area (Å²) in [4.78, 5) is 28.8. The summed E-state index contributed by atoms with van der Waals surface area (Å²) >= 11 is 0. The van der Waals surface area contributed by atoms with Crippen molar-refractivity contribution in [3.05, 3.63) is 29.8 Å². The van der Waals surface area contributed by atoms with Crippen LogP contribution in [0.25, 0.3) is 0 Å². The normalized spacial score (nSPS) is 18.7. The zero-order chi connectivity index (χ0) is 20.6. The number of likely N-dealkylation sites (tertiary alicyclic amines) is 2. The predicted molar refractivity (Wildman–Crippen MR) is 109 cm³/mol. The van der Waals surface area contributed by atoms with E-state index in [-0.39, 0.29) is 24.5 Å². The van der Waals surface area contributed by atoms with Gasteiger partial charge in [0.2, 0.25) is 5.91 Å². The van der Waals surface area contributed by atoms with Crippen molar-refractivity contribution in [3.63, 3.8) is 0 Å². The number of methoxy groups -OCH3 is 2. The second-order valence-electron chi connectivity index (χ2n) is 7.82. The standard InChI is InChI=1S/C22H32N2O5/c1-27-15-17-7-11-24(12-8-17)22(26)19-5-3-4-6-20(19)29-18-9-13-23(14-10-18)21(25)16-28-2/h3-6,17-18H,7-16H2,1-2H3. The van der Waals surface area contributed by atoms with Crippen LogP contribution in [-0.2, 0) is 14.3 Å². The van der Waals surface area contributed by atoms with Crippen molar-refractivity contribution in [2.24, 2.45) is 5.92 Å². The molecule has 0 bridgehead atoms. The van der Waals surface area contributed by atoms with Crippen LogP contribution in [0.15, 0.2) is 24.3 Å². The van der Waals surface area contributed by atoms with E-state index in [0.29, 0.717) is 30.3 Å². The van der Waals surface area contributed by atoms with Crippen molar-refractivity contribution in [1.82, 2.24) is 9.80 Å². The number of rotatable bonds is 7. The predicted octanol–water partition coefficient (Wildman–Crippen LogP) is 2.20. The van der Waals surface area contributed by atoms with Gasteiger partial charge in [-0.1, -0.05) is 12.1 Å². The lowest BCUT2D eigenvalue weighted by molar-refractivity contribution is -0.136. The van der Waals surface area contributed by atoms with Crippen LogP contribution in [-0.4, -0.2) is 81.3 Å². The first-order valence-electron chi connectivity index (χ1n) is 10.4. The first-order chi connectivity index (χ1) is 14.1. The number of benzene rings is 1. The Morgan fingerprint density at radius 1 is 0.931 bits per heavy atom. The van der Waals surface area contributed by atoms with Crippen molar-refractivity contribution in [1.29, 1.82) is 0 Å². The average Bonchev–Trinajstić information content (AvgIpc) is 2.75. The third kappa shape index (κ3) is 5.70. The number of carbonyl (C=O) groups is 2. The molecule has 0 spiro atoms. The first kappa shape index (κ1) is 21.6. The van der Waals surface area contributed by atoms with Crippen LogP contribution in [0.5, 0.6) is 5.75 Å². The first-order valence-corrected chi connectivity index (χ1v) is 10.4. The van der Waals surface area contributed by atoms with Crippen LogP contribution in [0.3, 0.4) is 0 Å². The van der Waals surface area contributed by atoms with Crippen LogP contribution in [0.2, 0.25) is 0 Å². The highest BCUT2D eigenvalue weighted by atomic mass is 16.5. The fraction of sp³-hybridized carbons (Fsp3) is 0.636. The van der Waals surface area contributed by atoms with Gasteiger partial charge in [-0.3, -0.25) is 9.59 Å². The molecule has 2 fully saturated rings. The Morgan fingerprint density at radius 2 is 1.59 bits per heavy atom.